The van der Waals surface area contributed by atoms with Crippen LogP contribution in [0.15, 0.2) is 103 Å². The van der Waals surface area contributed by atoms with E-state index in [1.807, 2.05) is 79.1 Å². The lowest BCUT2D eigenvalue weighted by Crippen LogP contribution is -2.40. The van der Waals surface area contributed by atoms with Crippen LogP contribution >= 0.6 is 0 Å². The van der Waals surface area contributed by atoms with E-state index in [1.165, 1.54) is 5.56 Å². The van der Waals surface area contributed by atoms with Crippen LogP contribution in [0, 0.1) is 25.2 Å². The Hall–Kier alpha value is -4.93. The van der Waals surface area contributed by atoms with Crippen LogP contribution in [0.3, 0.4) is 0 Å². The predicted octanol–water partition coefficient (Wildman–Crippen LogP) is 6.11. The summed E-state index contributed by atoms with van der Waals surface area (Å²) >= 11 is 0. The first-order valence-corrected chi connectivity index (χ1v) is 13.8. The molecule has 0 spiro atoms. The number of anilines is 1. The molecule has 0 saturated heterocycles. The Morgan fingerprint density at radius 1 is 0.902 bits per heavy atom. The van der Waals surface area contributed by atoms with Crippen molar-refractivity contribution in [2.24, 2.45) is 0 Å². The molecule has 0 saturated carbocycles. The van der Waals surface area contributed by atoms with E-state index in [9.17, 15) is 0 Å². The van der Waals surface area contributed by atoms with Gasteiger partial charge in [0, 0.05) is 41.5 Å². The number of hydrogen-bond donors (Lipinski definition) is 2. The van der Waals surface area contributed by atoms with E-state index in [1.54, 1.807) is 0 Å². The smallest absolute Gasteiger partial charge is 0.237 e. The SMILES string of the molecule is Cc1ccc(C)n1-c1ccc(-c2cnc3c(c2)NC[C@@H](CNCCc2ccc(C#N)cc2)O3)cn1.c1ccccc1. The van der Waals surface area contributed by atoms with Crippen molar-refractivity contribution in [1.29, 1.82) is 5.26 Å². The number of nitriles is 1. The summed E-state index contributed by atoms with van der Waals surface area (Å²) < 4.78 is 8.25. The quantitative estimate of drug-likeness (QED) is 0.241. The standard InChI is InChI=1S/C28H28N6O.C6H6/c1-19-3-4-20(2)34(19)27-10-9-23(15-32-27)24-13-26-28(33-16-24)35-25(18-31-26)17-30-12-11-21-5-7-22(14-29)8-6-21;1-2-4-6-5-3-1/h3-10,13,15-16,25,30-31H,11-12,17-18H2,1-2H3;1-6H/t25-;/m1./s1. The van der Waals surface area contributed by atoms with Crippen molar-refractivity contribution >= 4 is 5.69 Å². The zero-order valence-electron chi connectivity index (χ0n) is 23.4. The number of rotatable bonds is 7. The van der Waals surface area contributed by atoms with E-state index in [4.69, 9.17) is 10.00 Å². The minimum Gasteiger partial charge on any atom is -0.470 e. The number of hydrogen-bond acceptors (Lipinski definition) is 6. The van der Waals surface area contributed by atoms with Gasteiger partial charge in [-0.3, -0.25) is 0 Å². The van der Waals surface area contributed by atoms with Crippen molar-refractivity contribution in [3.63, 3.8) is 0 Å². The molecule has 0 unspecified atom stereocenters. The Morgan fingerprint density at radius 3 is 2.22 bits per heavy atom. The maximum absolute atomic E-state index is 8.90. The molecule has 1 aliphatic heterocycles. The average molecular weight is 543 g/mol. The van der Waals surface area contributed by atoms with E-state index in [-0.39, 0.29) is 6.10 Å². The van der Waals surface area contributed by atoms with Gasteiger partial charge in [-0.15, -0.1) is 0 Å². The molecule has 2 N–H and O–H groups in total. The second kappa shape index (κ2) is 13.4. The normalized spacial score (nSPS) is 13.5. The minimum atomic E-state index is 0.0100. The molecule has 0 fully saturated rings. The number of aromatic nitrogens is 3. The maximum atomic E-state index is 8.90. The van der Waals surface area contributed by atoms with Gasteiger partial charge in [0.15, 0.2) is 0 Å². The highest BCUT2D eigenvalue weighted by atomic mass is 16.5. The Balaban J connectivity index is 0.000000500. The molecule has 0 radical (unpaired) electrons. The van der Waals surface area contributed by atoms with E-state index in [0.29, 0.717) is 18.0 Å². The molecule has 2 aromatic carbocycles. The van der Waals surface area contributed by atoms with E-state index in [2.05, 4.69) is 69.4 Å². The second-order valence-corrected chi connectivity index (χ2v) is 9.97. The largest absolute Gasteiger partial charge is 0.470 e. The Bertz CT molecular complexity index is 1540. The molecule has 6 rings (SSSR count). The number of nitrogens with zero attached hydrogens (tertiary/aromatic N) is 4. The van der Waals surface area contributed by atoms with Gasteiger partial charge in [0.2, 0.25) is 5.88 Å². The first-order valence-electron chi connectivity index (χ1n) is 13.8. The van der Waals surface area contributed by atoms with Crippen molar-refractivity contribution in [3.8, 4) is 28.9 Å². The maximum Gasteiger partial charge on any atom is 0.237 e. The zero-order chi connectivity index (χ0) is 28.4. The molecule has 206 valence electrons. The summed E-state index contributed by atoms with van der Waals surface area (Å²) in [6.45, 7) is 6.46. The molecule has 7 heteroatoms. The van der Waals surface area contributed by atoms with Crippen LogP contribution in [0.2, 0.25) is 0 Å². The lowest BCUT2D eigenvalue weighted by molar-refractivity contribution is 0.194. The van der Waals surface area contributed by atoms with Crippen LogP contribution in [0.4, 0.5) is 5.69 Å². The number of fused-ring (bicyclic) bond motifs is 1. The third-order valence-electron chi connectivity index (χ3n) is 6.94. The Morgan fingerprint density at radius 2 is 1.59 bits per heavy atom. The van der Waals surface area contributed by atoms with Gasteiger partial charge in [-0.25, -0.2) is 9.97 Å². The number of benzene rings is 2. The van der Waals surface area contributed by atoms with Gasteiger partial charge in [0.25, 0.3) is 0 Å². The summed E-state index contributed by atoms with van der Waals surface area (Å²) in [4.78, 5) is 9.24. The highest BCUT2D eigenvalue weighted by molar-refractivity contribution is 5.70. The van der Waals surface area contributed by atoms with Gasteiger partial charge < -0.3 is 19.9 Å². The van der Waals surface area contributed by atoms with Crippen LogP contribution < -0.4 is 15.4 Å². The summed E-state index contributed by atoms with van der Waals surface area (Å²) in [6, 6.07) is 32.3. The van der Waals surface area contributed by atoms with Crippen molar-refractivity contribution in [2.75, 3.05) is 25.0 Å². The third-order valence-corrected chi connectivity index (χ3v) is 6.94. The second-order valence-electron chi connectivity index (χ2n) is 9.97. The van der Waals surface area contributed by atoms with Gasteiger partial charge in [0.1, 0.15) is 11.9 Å². The van der Waals surface area contributed by atoms with Crippen molar-refractivity contribution < 1.29 is 4.74 Å². The zero-order valence-corrected chi connectivity index (χ0v) is 23.4. The lowest BCUT2D eigenvalue weighted by Gasteiger charge is -2.27. The van der Waals surface area contributed by atoms with Crippen LogP contribution in [-0.2, 0) is 6.42 Å². The summed E-state index contributed by atoms with van der Waals surface area (Å²) in [5, 5.41) is 15.8. The van der Waals surface area contributed by atoms with Crippen LogP contribution in [0.5, 0.6) is 5.88 Å². The lowest BCUT2D eigenvalue weighted by atomic mass is 10.1. The first-order chi connectivity index (χ1) is 20.1. The van der Waals surface area contributed by atoms with Crippen LogP contribution in [0.1, 0.15) is 22.5 Å². The van der Waals surface area contributed by atoms with E-state index < -0.39 is 0 Å². The molecule has 0 amide bonds. The van der Waals surface area contributed by atoms with Gasteiger partial charge in [-0.1, -0.05) is 48.5 Å². The van der Waals surface area contributed by atoms with E-state index >= 15 is 0 Å². The summed E-state index contributed by atoms with van der Waals surface area (Å²) in [5.74, 6) is 1.54. The molecule has 5 aromatic rings. The molecule has 0 aliphatic carbocycles. The van der Waals surface area contributed by atoms with Crippen molar-refractivity contribution in [2.45, 2.75) is 26.4 Å². The monoisotopic (exact) mass is 542 g/mol. The van der Waals surface area contributed by atoms with Gasteiger partial charge >= 0.3 is 0 Å². The summed E-state index contributed by atoms with van der Waals surface area (Å²) in [7, 11) is 0. The van der Waals surface area contributed by atoms with E-state index in [0.717, 1.165) is 53.5 Å². The number of ether oxygens (including phenoxy) is 1. The average Bonchev–Trinajstić information content (AvgIpc) is 3.37. The molecule has 41 heavy (non-hydrogen) atoms. The molecule has 0 bridgehead atoms. The number of nitrogens with one attached hydrogen (secondary N) is 2. The highest BCUT2D eigenvalue weighted by Gasteiger charge is 2.21. The predicted molar refractivity (Wildman–Crippen MR) is 163 cm³/mol. The Labute approximate surface area is 241 Å². The molecule has 1 aliphatic rings. The summed E-state index contributed by atoms with van der Waals surface area (Å²) in [5.41, 5.74) is 7.14. The number of aryl methyl sites for hydroxylation is 2. The molecular weight excluding hydrogens is 508 g/mol. The molecule has 7 nitrogen and oxygen atoms in total. The summed E-state index contributed by atoms with van der Waals surface area (Å²) in [6.07, 6.45) is 4.64. The van der Waals surface area contributed by atoms with Crippen LogP contribution in [-0.4, -0.2) is 40.3 Å². The third kappa shape index (κ3) is 7.18. The van der Waals surface area contributed by atoms with Gasteiger partial charge in [0.05, 0.1) is 23.9 Å². The molecule has 1 atom stereocenters. The highest BCUT2D eigenvalue weighted by Crippen LogP contribution is 2.31. The van der Waals surface area contributed by atoms with Gasteiger partial charge in [-0.2, -0.15) is 5.26 Å². The molecule has 3 aromatic heterocycles. The van der Waals surface area contributed by atoms with Crippen molar-refractivity contribution in [3.05, 3.63) is 126 Å². The fraction of sp³-hybridized carbons (Fsp3) is 0.206. The molecular formula is C34H34N6O. The van der Waals surface area contributed by atoms with Crippen molar-refractivity contribution in [1.82, 2.24) is 19.9 Å². The number of pyridine rings is 2. The minimum absolute atomic E-state index is 0.0100. The fourth-order valence-electron chi connectivity index (χ4n) is 4.71. The first kappa shape index (κ1) is 27.6. The molecule has 4 heterocycles. The topological polar surface area (TPSA) is 87.8 Å². The van der Waals surface area contributed by atoms with Gasteiger partial charge in [-0.05, 0) is 74.8 Å². The van der Waals surface area contributed by atoms with Crippen LogP contribution in [0.25, 0.3) is 16.9 Å². The Kier molecular flexibility index (Phi) is 9.05. The fourth-order valence-corrected chi connectivity index (χ4v) is 4.71.